The van der Waals surface area contributed by atoms with Crippen LogP contribution in [-0.2, 0) is 18.2 Å². The van der Waals surface area contributed by atoms with Gasteiger partial charge >= 0.3 is 0 Å². The van der Waals surface area contributed by atoms with Crippen LogP contribution < -0.4 is 5.32 Å². The quantitative estimate of drug-likeness (QED) is 0.679. The van der Waals surface area contributed by atoms with E-state index in [1.54, 1.807) is 7.11 Å². The maximum atomic E-state index is 5.07. The monoisotopic (exact) mass is 211 g/mol. The highest BCUT2D eigenvalue weighted by molar-refractivity contribution is 4.91. The van der Waals surface area contributed by atoms with Gasteiger partial charge in [-0.15, -0.1) is 0 Å². The molecule has 0 saturated carbocycles. The molecule has 15 heavy (non-hydrogen) atoms. The third kappa shape index (κ3) is 4.44. The second-order valence-electron chi connectivity index (χ2n) is 3.97. The molecule has 0 saturated heterocycles. The van der Waals surface area contributed by atoms with Gasteiger partial charge in [0.15, 0.2) is 0 Å². The molecule has 1 N–H and O–H groups in total. The first-order chi connectivity index (χ1) is 7.24. The molecule has 1 heterocycles. The summed E-state index contributed by atoms with van der Waals surface area (Å²) in [5, 5.41) is 3.40. The summed E-state index contributed by atoms with van der Waals surface area (Å²) in [6, 6.07) is 0. The Morgan fingerprint density at radius 3 is 3.00 bits per heavy atom. The summed E-state index contributed by atoms with van der Waals surface area (Å²) in [6.07, 6.45) is 4.79. The first-order valence-electron chi connectivity index (χ1n) is 5.40. The van der Waals surface area contributed by atoms with Gasteiger partial charge in [-0.2, -0.15) is 0 Å². The van der Waals surface area contributed by atoms with Gasteiger partial charge in [0, 0.05) is 46.1 Å². The lowest BCUT2D eigenvalue weighted by atomic mass is 10.2. The molecule has 4 nitrogen and oxygen atoms in total. The van der Waals surface area contributed by atoms with E-state index in [9.17, 15) is 0 Å². The van der Waals surface area contributed by atoms with Crippen LogP contribution >= 0.6 is 0 Å². The van der Waals surface area contributed by atoms with Crippen molar-refractivity contribution in [3.8, 4) is 0 Å². The number of hydrogen-bond acceptors (Lipinski definition) is 3. The van der Waals surface area contributed by atoms with E-state index < -0.39 is 0 Å². The number of nitrogens with zero attached hydrogens (tertiary/aromatic N) is 2. The van der Waals surface area contributed by atoms with E-state index in [0.717, 1.165) is 31.9 Å². The Morgan fingerprint density at radius 1 is 1.60 bits per heavy atom. The van der Waals surface area contributed by atoms with Crippen LogP contribution in [-0.4, -0.2) is 36.4 Å². The van der Waals surface area contributed by atoms with E-state index in [1.807, 2.05) is 19.4 Å². The van der Waals surface area contributed by atoms with Gasteiger partial charge in [-0.25, -0.2) is 4.98 Å². The summed E-state index contributed by atoms with van der Waals surface area (Å²) in [4.78, 5) is 4.27. The summed E-state index contributed by atoms with van der Waals surface area (Å²) < 4.78 is 7.13. The zero-order valence-corrected chi connectivity index (χ0v) is 9.86. The highest BCUT2D eigenvalue weighted by Crippen LogP contribution is 1.95. The third-order valence-corrected chi connectivity index (χ3v) is 2.39. The van der Waals surface area contributed by atoms with Crippen molar-refractivity contribution in [3.63, 3.8) is 0 Å². The van der Waals surface area contributed by atoms with Crippen molar-refractivity contribution in [2.75, 3.05) is 26.8 Å². The molecule has 1 rings (SSSR count). The predicted molar refractivity (Wildman–Crippen MR) is 60.8 cm³/mol. The van der Waals surface area contributed by atoms with E-state index in [0.29, 0.717) is 5.92 Å². The SMILES string of the molecule is COCC(C)CNCCc1nccn1C. The van der Waals surface area contributed by atoms with Gasteiger partial charge < -0.3 is 14.6 Å². The smallest absolute Gasteiger partial charge is 0.109 e. The van der Waals surface area contributed by atoms with Crippen molar-refractivity contribution in [3.05, 3.63) is 18.2 Å². The fourth-order valence-electron chi connectivity index (χ4n) is 1.53. The Labute approximate surface area is 91.7 Å². The minimum absolute atomic E-state index is 0.566. The first-order valence-corrected chi connectivity index (χ1v) is 5.40. The number of hydrogen-bond donors (Lipinski definition) is 1. The molecule has 0 fully saturated rings. The Balaban J connectivity index is 2.09. The fraction of sp³-hybridized carbons (Fsp3) is 0.727. The van der Waals surface area contributed by atoms with Crippen molar-refractivity contribution < 1.29 is 4.74 Å². The van der Waals surface area contributed by atoms with Gasteiger partial charge in [0.2, 0.25) is 0 Å². The largest absolute Gasteiger partial charge is 0.384 e. The van der Waals surface area contributed by atoms with Gasteiger partial charge in [-0.1, -0.05) is 6.92 Å². The summed E-state index contributed by atoms with van der Waals surface area (Å²) in [6.45, 7) is 4.96. The third-order valence-electron chi connectivity index (χ3n) is 2.39. The molecule has 0 aliphatic rings. The van der Waals surface area contributed by atoms with Gasteiger partial charge in [0.25, 0.3) is 0 Å². The second-order valence-corrected chi connectivity index (χ2v) is 3.97. The molecule has 0 aliphatic heterocycles. The predicted octanol–water partition coefficient (Wildman–Crippen LogP) is 0.835. The van der Waals surface area contributed by atoms with Crippen LogP contribution in [0.1, 0.15) is 12.7 Å². The molecule has 4 heteroatoms. The highest BCUT2D eigenvalue weighted by atomic mass is 16.5. The van der Waals surface area contributed by atoms with Crippen molar-refractivity contribution in [1.82, 2.24) is 14.9 Å². The van der Waals surface area contributed by atoms with Crippen LogP contribution in [0.3, 0.4) is 0 Å². The standard InChI is InChI=1S/C11H21N3O/c1-10(9-15-3)8-12-5-4-11-13-6-7-14(11)2/h6-7,10,12H,4-5,8-9H2,1-3H3. The molecule has 0 aromatic carbocycles. The van der Waals surface area contributed by atoms with Crippen LogP contribution in [0.15, 0.2) is 12.4 Å². The van der Waals surface area contributed by atoms with Crippen LogP contribution in [0.5, 0.6) is 0 Å². The average Bonchev–Trinajstić information content (AvgIpc) is 2.60. The van der Waals surface area contributed by atoms with E-state index in [4.69, 9.17) is 4.74 Å². The molecule has 0 amide bonds. The Kier molecular flexibility index (Phi) is 5.36. The van der Waals surface area contributed by atoms with E-state index in [2.05, 4.69) is 21.8 Å². The number of aromatic nitrogens is 2. The minimum Gasteiger partial charge on any atom is -0.384 e. The molecule has 0 bridgehead atoms. The normalized spacial score (nSPS) is 13.0. The number of methoxy groups -OCH3 is 1. The van der Waals surface area contributed by atoms with Gasteiger partial charge in [-0.05, 0) is 12.5 Å². The molecular formula is C11H21N3O. The van der Waals surface area contributed by atoms with Crippen molar-refractivity contribution in [1.29, 1.82) is 0 Å². The fourth-order valence-corrected chi connectivity index (χ4v) is 1.53. The van der Waals surface area contributed by atoms with E-state index in [1.165, 1.54) is 0 Å². The molecule has 1 aromatic heterocycles. The first kappa shape index (κ1) is 12.2. The number of imidazole rings is 1. The summed E-state index contributed by atoms with van der Waals surface area (Å²) >= 11 is 0. The lowest BCUT2D eigenvalue weighted by Crippen LogP contribution is -2.26. The Hall–Kier alpha value is -0.870. The molecular weight excluding hydrogens is 190 g/mol. The van der Waals surface area contributed by atoms with Crippen molar-refractivity contribution in [2.45, 2.75) is 13.3 Å². The molecule has 1 unspecified atom stereocenters. The lowest BCUT2D eigenvalue weighted by Gasteiger charge is -2.11. The highest BCUT2D eigenvalue weighted by Gasteiger charge is 2.01. The molecule has 1 atom stereocenters. The maximum Gasteiger partial charge on any atom is 0.109 e. The Morgan fingerprint density at radius 2 is 2.40 bits per heavy atom. The van der Waals surface area contributed by atoms with Crippen LogP contribution in [0.2, 0.25) is 0 Å². The number of ether oxygens (including phenoxy) is 1. The topological polar surface area (TPSA) is 39.1 Å². The second kappa shape index (κ2) is 6.58. The number of rotatable bonds is 7. The van der Waals surface area contributed by atoms with Crippen LogP contribution in [0, 0.1) is 5.92 Å². The zero-order chi connectivity index (χ0) is 11.1. The van der Waals surface area contributed by atoms with E-state index >= 15 is 0 Å². The van der Waals surface area contributed by atoms with Crippen molar-refractivity contribution in [2.24, 2.45) is 13.0 Å². The van der Waals surface area contributed by atoms with Gasteiger partial charge in [0.05, 0.1) is 0 Å². The summed E-state index contributed by atoms with van der Waals surface area (Å²) in [5.74, 6) is 1.69. The van der Waals surface area contributed by atoms with Gasteiger partial charge in [-0.3, -0.25) is 0 Å². The Bertz CT molecular complexity index is 273. The molecule has 0 aliphatic carbocycles. The molecule has 0 spiro atoms. The van der Waals surface area contributed by atoms with Gasteiger partial charge in [0.1, 0.15) is 5.82 Å². The molecule has 0 radical (unpaired) electrons. The zero-order valence-electron chi connectivity index (χ0n) is 9.86. The molecule has 1 aromatic rings. The summed E-state index contributed by atoms with van der Waals surface area (Å²) in [5.41, 5.74) is 0. The molecule has 86 valence electrons. The van der Waals surface area contributed by atoms with E-state index in [-0.39, 0.29) is 0 Å². The summed E-state index contributed by atoms with van der Waals surface area (Å²) in [7, 11) is 3.76. The number of nitrogens with one attached hydrogen (secondary N) is 1. The van der Waals surface area contributed by atoms with Crippen molar-refractivity contribution >= 4 is 0 Å². The van der Waals surface area contributed by atoms with Crippen LogP contribution in [0.25, 0.3) is 0 Å². The lowest BCUT2D eigenvalue weighted by molar-refractivity contribution is 0.158. The minimum atomic E-state index is 0.566. The van der Waals surface area contributed by atoms with Crippen LogP contribution in [0.4, 0.5) is 0 Å². The number of aryl methyl sites for hydroxylation is 1. The maximum absolute atomic E-state index is 5.07. The average molecular weight is 211 g/mol.